The highest BCUT2D eigenvalue weighted by molar-refractivity contribution is 5.59. The monoisotopic (exact) mass is 230 g/mol. The van der Waals surface area contributed by atoms with Crippen LogP contribution in [0.5, 0.6) is 0 Å². The lowest BCUT2D eigenvalue weighted by atomic mass is 10.0. The maximum Gasteiger partial charge on any atom is 0.139 e. The van der Waals surface area contributed by atoms with Crippen molar-refractivity contribution in [1.82, 2.24) is 9.97 Å². The lowest BCUT2D eigenvalue weighted by Gasteiger charge is -2.22. The highest BCUT2D eigenvalue weighted by Crippen LogP contribution is 2.28. The van der Waals surface area contributed by atoms with Crippen molar-refractivity contribution in [2.45, 2.75) is 19.8 Å². The van der Waals surface area contributed by atoms with Gasteiger partial charge in [0.1, 0.15) is 31.1 Å². The number of nitrogens with two attached hydrogens (primary N) is 1. The van der Waals surface area contributed by atoms with Gasteiger partial charge in [-0.15, -0.1) is 0 Å². The minimum Gasteiger partial charge on any atom is -0.383 e. The number of aromatic nitrogens is 2. The van der Waals surface area contributed by atoms with Crippen molar-refractivity contribution in [2.24, 2.45) is 0 Å². The zero-order chi connectivity index (χ0) is 12.8. The molecule has 0 saturated heterocycles. The quantitative estimate of drug-likeness (QED) is 0.775. The van der Waals surface area contributed by atoms with Gasteiger partial charge in [0, 0.05) is 5.56 Å². The van der Waals surface area contributed by atoms with Crippen LogP contribution in [0.4, 0.5) is 11.6 Å². The fourth-order valence-corrected chi connectivity index (χ4v) is 1.58. The molecule has 1 aromatic heterocycles. The SMILES string of the molecule is CC(C)c1c(N)ncnc1N(CC#N)CC#N. The smallest absolute Gasteiger partial charge is 0.139 e. The van der Waals surface area contributed by atoms with Gasteiger partial charge in [0.25, 0.3) is 0 Å². The van der Waals surface area contributed by atoms with Crippen molar-refractivity contribution < 1.29 is 0 Å². The summed E-state index contributed by atoms with van der Waals surface area (Å²) in [4.78, 5) is 9.66. The van der Waals surface area contributed by atoms with E-state index in [1.807, 2.05) is 26.0 Å². The summed E-state index contributed by atoms with van der Waals surface area (Å²) >= 11 is 0. The summed E-state index contributed by atoms with van der Waals surface area (Å²) < 4.78 is 0. The maximum atomic E-state index is 8.75. The Kier molecular flexibility index (Phi) is 4.24. The predicted octanol–water partition coefficient (Wildman–Crippen LogP) is 1.04. The normalized spacial score (nSPS) is 9.71. The second-order valence-corrected chi connectivity index (χ2v) is 3.82. The number of anilines is 2. The van der Waals surface area contributed by atoms with Gasteiger partial charge in [-0.05, 0) is 5.92 Å². The third kappa shape index (κ3) is 2.82. The van der Waals surface area contributed by atoms with Gasteiger partial charge in [-0.2, -0.15) is 10.5 Å². The predicted molar refractivity (Wildman–Crippen MR) is 64.0 cm³/mol. The Bertz CT molecular complexity index is 452. The molecule has 2 N–H and O–H groups in total. The van der Waals surface area contributed by atoms with Crippen LogP contribution in [0.15, 0.2) is 6.33 Å². The van der Waals surface area contributed by atoms with E-state index in [1.54, 1.807) is 4.90 Å². The van der Waals surface area contributed by atoms with Crippen LogP contribution >= 0.6 is 0 Å². The van der Waals surface area contributed by atoms with E-state index in [-0.39, 0.29) is 19.0 Å². The molecule has 0 spiro atoms. The van der Waals surface area contributed by atoms with Crippen LogP contribution in [-0.2, 0) is 0 Å². The number of rotatable bonds is 4. The molecule has 6 nitrogen and oxygen atoms in total. The van der Waals surface area contributed by atoms with E-state index in [0.29, 0.717) is 11.6 Å². The summed E-state index contributed by atoms with van der Waals surface area (Å²) in [6.45, 7) is 4.14. The molecular formula is C11H14N6. The molecule has 6 heteroatoms. The van der Waals surface area contributed by atoms with Gasteiger partial charge in [-0.3, -0.25) is 0 Å². The molecule has 0 aliphatic carbocycles. The largest absolute Gasteiger partial charge is 0.383 e. The van der Waals surface area contributed by atoms with E-state index in [9.17, 15) is 0 Å². The lowest BCUT2D eigenvalue weighted by Crippen LogP contribution is -2.27. The third-order valence-electron chi connectivity index (χ3n) is 2.29. The van der Waals surface area contributed by atoms with Crippen LogP contribution in [0, 0.1) is 22.7 Å². The molecule has 1 rings (SSSR count). The molecular weight excluding hydrogens is 216 g/mol. The summed E-state index contributed by atoms with van der Waals surface area (Å²) in [7, 11) is 0. The minimum absolute atomic E-state index is 0.101. The van der Waals surface area contributed by atoms with E-state index in [1.165, 1.54) is 6.33 Å². The fourth-order valence-electron chi connectivity index (χ4n) is 1.58. The average Bonchev–Trinajstić information content (AvgIpc) is 2.28. The average molecular weight is 230 g/mol. The summed E-state index contributed by atoms with van der Waals surface area (Å²) in [6, 6.07) is 4.02. The van der Waals surface area contributed by atoms with Crippen LogP contribution in [0.3, 0.4) is 0 Å². The topological polar surface area (TPSA) is 103 Å². The molecule has 0 amide bonds. The first-order chi connectivity index (χ1) is 8.11. The molecule has 1 heterocycles. The first-order valence-electron chi connectivity index (χ1n) is 5.21. The van der Waals surface area contributed by atoms with Crippen molar-refractivity contribution in [2.75, 3.05) is 23.7 Å². The van der Waals surface area contributed by atoms with Gasteiger partial charge in [0.05, 0.1) is 12.1 Å². The van der Waals surface area contributed by atoms with Gasteiger partial charge >= 0.3 is 0 Å². The van der Waals surface area contributed by atoms with Crippen molar-refractivity contribution in [3.05, 3.63) is 11.9 Å². The van der Waals surface area contributed by atoms with Gasteiger partial charge in [-0.25, -0.2) is 9.97 Å². The van der Waals surface area contributed by atoms with Crippen LogP contribution in [0.1, 0.15) is 25.3 Å². The molecule has 17 heavy (non-hydrogen) atoms. The van der Waals surface area contributed by atoms with Gasteiger partial charge < -0.3 is 10.6 Å². The molecule has 0 aliphatic heterocycles. The highest BCUT2D eigenvalue weighted by atomic mass is 15.2. The number of nitrogen functional groups attached to an aromatic ring is 1. The first kappa shape index (κ1) is 12.7. The van der Waals surface area contributed by atoms with E-state index in [2.05, 4.69) is 9.97 Å². The first-order valence-corrected chi connectivity index (χ1v) is 5.21. The fraction of sp³-hybridized carbons (Fsp3) is 0.455. The van der Waals surface area contributed by atoms with Gasteiger partial charge in [-0.1, -0.05) is 13.8 Å². The Balaban J connectivity index is 3.24. The summed E-state index contributed by atoms with van der Waals surface area (Å²) in [6.07, 6.45) is 1.35. The highest BCUT2D eigenvalue weighted by Gasteiger charge is 2.18. The van der Waals surface area contributed by atoms with Crippen molar-refractivity contribution in [3.8, 4) is 12.1 Å². The molecule has 0 aliphatic rings. The van der Waals surface area contributed by atoms with Crippen LogP contribution in [0.2, 0.25) is 0 Å². The van der Waals surface area contributed by atoms with Crippen LogP contribution in [0.25, 0.3) is 0 Å². The molecule has 1 aromatic rings. The summed E-state index contributed by atoms with van der Waals surface area (Å²) in [5.74, 6) is 1.09. The molecule has 0 radical (unpaired) electrons. The van der Waals surface area contributed by atoms with Gasteiger partial charge in [0.2, 0.25) is 0 Å². The van der Waals surface area contributed by atoms with E-state index >= 15 is 0 Å². The van der Waals surface area contributed by atoms with Gasteiger partial charge in [0.15, 0.2) is 0 Å². The summed E-state index contributed by atoms with van der Waals surface area (Å²) in [5, 5.41) is 17.5. The van der Waals surface area contributed by atoms with Crippen molar-refractivity contribution in [1.29, 1.82) is 10.5 Å². The molecule has 0 atom stereocenters. The maximum absolute atomic E-state index is 8.75. The Morgan fingerprint density at radius 3 is 2.35 bits per heavy atom. The zero-order valence-electron chi connectivity index (χ0n) is 9.88. The summed E-state index contributed by atoms with van der Waals surface area (Å²) in [5.41, 5.74) is 6.58. The Morgan fingerprint density at radius 1 is 1.29 bits per heavy atom. The van der Waals surface area contributed by atoms with E-state index in [4.69, 9.17) is 16.3 Å². The second-order valence-electron chi connectivity index (χ2n) is 3.82. The second kappa shape index (κ2) is 5.66. The van der Waals surface area contributed by atoms with Crippen LogP contribution < -0.4 is 10.6 Å². The molecule has 0 unspecified atom stereocenters. The Hall–Kier alpha value is -2.34. The molecule has 0 fully saturated rings. The van der Waals surface area contributed by atoms with Crippen molar-refractivity contribution >= 4 is 11.6 Å². The van der Waals surface area contributed by atoms with E-state index in [0.717, 1.165) is 5.56 Å². The third-order valence-corrected chi connectivity index (χ3v) is 2.29. The number of hydrogen-bond acceptors (Lipinski definition) is 6. The van der Waals surface area contributed by atoms with Crippen molar-refractivity contribution in [3.63, 3.8) is 0 Å². The lowest BCUT2D eigenvalue weighted by molar-refractivity contribution is 0.821. The molecule has 88 valence electrons. The number of hydrogen-bond donors (Lipinski definition) is 1. The molecule has 0 bridgehead atoms. The Labute approximate surface area is 100 Å². The standard InChI is InChI=1S/C11H14N6/c1-8(2)9-10(14)15-7-16-11(9)17(5-3-12)6-4-13/h7-8H,5-6H2,1-2H3,(H2,14,15,16). The number of nitrogens with zero attached hydrogens (tertiary/aromatic N) is 5. The zero-order valence-corrected chi connectivity index (χ0v) is 9.88. The molecule has 0 aromatic carbocycles. The number of nitriles is 2. The van der Waals surface area contributed by atoms with E-state index < -0.39 is 0 Å². The Morgan fingerprint density at radius 2 is 1.88 bits per heavy atom. The van der Waals surface area contributed by atoms with Crippen LogP contribution in [-0.4, -0.2) is 23.1 Å². The minimum atomic E-state index is 0.101. The molecule has 0 saturated carbocycles.